The van der Waals surface area contributed by atoms with E-state index in [1.807, 2.05) is 17.9 Å². The van der Waals surface area contributed by atoms with Crippen LogP contribution in [0.3, 0.4) is 0 Å². The SMILES string of the molecule is CC(NCC(C)(C)N1CCOCC1)c1cnn(C)c1. The van der Waals surface area contributed by atoms with Crippen molar-refractivity contribution in [3.8, 4) is 0 Å². The van der Waals surface area contributed by atoms with Gasteiger partial charge in [0.2, 0.25) is 0 Å². The van der Waals surface area contributed by atoms with Crippen molar-refractivity contribution in [1.82, 2.24) is 20.0 Å². The van der Waals surface area contributed by atoms with Crippen LogP contribution in [0.25, 0.3) is 0 Å². The van der Waals surface area contributed by atoms with Gasteiger partial charge in [0.15, 0.2) is 0 Å². The van der Waals surface area contributed by atoms with Crippen molar-refractivity contribution in [3.63, 3.8) is 0 Å². The standard InChI is InChI=1S/C14H26N4O/c1-12(13-9-16-17(4)10-13)15-11-14(2,3)18-5-7-19-8-6-18/h9-10,12,15H,5-8,11H2,1-4H3. The van der Waals surface area contributed by atoms with E-state index < -0.39 is 0 Å². The first-order chi connectivity index (χ1) is 8.99. The lowest BCUT2D eigenvalue weighted by Gasteiger charge is -2.41. The number of hydrogen-bond acceptors (Lipinski definition) is 4. The van der Waals surface area contributed by atoms with Gasteiger partial charge < -0.3 is 10.1 Å². The summed E-state index contributed by atoms with van der Waals surface area (Å²) < 4.78 is 7.27. The fraction of sp³-hybridized carbons (Fsp3) is 0.786. The van der Waals surface area contributed by atoms with Crippen molar-refractivity contribution in [1.29, 1.82) is 0 Å². The molecule has 1 saturated heterocycles. The van der Waals surface area contributed by atoms with E-state index >= 15 is 0 Å². The van der Waals surface area contributed by atoms with Gasteiger partial charge in [0.1, 0.15) is 0 Å². The molecule has 19 heavy (non-hydrogen) atoms. The molecule has 1 aliphatic heterocycles. The highest BCUT2D eigenvalue weighted by Crippen LogP contribution is 2.17. The molecule has 1 aromatic heterocycles. The Morgan fingerprint density at radius 3 is 2.68 bits per heavy atom. The van der Waals surface area contributed by atoms with Crippen LogP contribution in [0.2, 0.25) is 0 Å². The maximum Gasteiger partial charge on any atom is 0.0594 e. The zero-order chi connectivity index (χ0) is 13.9. The molecule has 0 radical (unpaired) electrons. The minimum atomic E-state index is 0.153. The van der Waals surface area contributed by atoms with E-state index in [9.17, 15) is 0 Å². The first kappa shape index (κ1) is 14.5. The number of aryl methyl sites for hydroxylation is 1. The molecule has 0 saturated carbocycles. The first-order valence-electron chi connectivity index (χ1n) is 7.04. The van der Waals surface area contributed by atoms with E-state index in [2.05, 4.69) is 42.3 Å². The van der Waals surface area contributed by atoms with Crippen LogP contribution in [0, 0.1) is 0 Å². The Kier molecular flexibility index (Phi) is 4.60. The molecule has 0 bridgehead atoms. The summed E-state index contributed by atoms with van der Waals surface area (Å²) in [5, 5.41) is 7.84. The minimum absolute atomic E-state index is 0.153. The van der Waals surface area contributed by atoms with Gasteiger partial charge in [0, 0.05) is 50.0 Å². The lowest BCUT2D eigenvalue weighted by molar-refractivity contribution is -0.0102. The second-order valence-electron chi connectivity index (χ2n) is 5.96. The van der Waals surface area contributed by atoms with Crippen LogP contribution >= 0.6 is 0 Å². The van der Waals surface area contributed by atoms with Gasteiger partial charge in [-0.25, -0.2) is 0 Å². The van der Waals surface area contributed by atoms with Crippen molar-refractivity contribution in [2.24, 2.45) is 7.05 Å². The smallest absolute Gasteiger partial charge is 0.0594 e. The Bertz CT molecular complexity index is 396. The highest BCUT2D eigenvalue weighted by Gasteiger charge is 2.28. The second kappa shape index (κ2) is 6.03. The Balaban J connectivity index is 1.86. The van der Waals surface area contributed by atoms with Crippen LogP contribution in [-0.4, -0.2) is 53.1 Å². The van der Waals surface area contributed by atoms with E-state index in [1.165, 1.54) is 5.56 Å². The van der Waals surface area contributed by atoms with E-state index in [0.717, 1.165) is 32.8 Å². The number of nitrogens with one attached hydrogen (secondary N) is 1. The van der Waals surface area contributed by atoms with Crippen LogP contribution in [-0.2, 0) is 11.8 Å². The fourth-order valence-electron chi connectivity index (χ4n) is 2.46. The molecule has 0 amide bonds. The molecular weight excluding hydrogens is 240 g/mol. The summed E-state index contributed by atoms with van der Waals surface area (Å²) in [7, 11) is 1.95. The van der Waals surface area contributed by atoms with Gasteiger partial charge in [-0.1, -0.05) is 0 Å². The third-order valence-electron chi connectivity index (χ3n) is 3.93. The van der Waals surface area contributed by atoms with Gasteiger partial charge in [-0.2, -0.15) is 5.10 Å². The zero-order valence-electron chi connectivity index (χ0n) is 12.5. The molecule has 1 unspecified atom stereocenters. The van der Waals surface area contributed by atoms with Crippen molar-refractivity contribution in [2.45, 2.75) is 32.4 Å². The van der Waals surface area contributed by atoms with Gasteiger partial charge in [0.05, 0.1) is 19.4 Å². The lowest BCUT2D eigenvalue weighted by Crippen LogP contribution is -2.54. The third kappa shape index (κ3) is 3.78. The number of ether oxygens (including phenoxy) is 1. The van der Waals surface area contributed by atoms with Gasteiger partial charge in [-0.3, -0.25) is 9.58 Å². The molecule has 0 spiro atoms. The quantitative estimate of drug-likeness (QED) is 0.869. The Labute approximate surface area is 115 Å². The summed E-state index contributed by atoms with van der Waals surface area (Å²) in [5.41, 5.74) is 1.39. The molecule has 1 aliphatic rings. The Morgan fingerprint density at radius 2 is 2.11 bits per heavy atom. The van der Waals surface area contributed by atoms with Crippen molar-refractivity contribution < 1.29 is 4.74 Å². The largest absolute Gasteiger partial charge is 0.379 e. The summed E-state index contributed by atoms with van der Waals surface area (Å²) in [5.74, 6) is 0. The average molecular weight is 266 g/mol. The zero-order valence-corrected chi connectivity index (χ0v) is 12.5. The predicted octanol–water partition coefficient (Wildman–Crippen LogP) is 1.18. The number of aromatic nitrogens is 2. The fourth-order valence-corrected chi connectivity index (χ4v) is 2.46. The number of rotatable bonds is 5. The van der Waals surface area contributed by atoms with E-state index in [-0.39, 0.29) is 5.54 Å². The van der Waals surface area contributed by atoms with Crippen LogP contribution in [0.5, 0.6) is 0 Å². The summed E-state index contributed by atoms with van der Waals surface area (Å²) >= 11 is 0. The minimum Gasteiger partial charge on any atom is -0.379 e. The topological polar surface area (TPSA) is 42.3 Å². The molecule has 5 nitrogen and oxygen atoms in total. The predicted molar refractivity (Wildman–Crippen MR) is 76.1 cm³/mol. The van der Waals surface area contributed by atoms with Gasteiger partial charge >= 0.3 is 0 Å². The van der Waals surface area contributed by atoms with E-state index in [4.69, 9.17) is 4.74 Å². The molecule has 1 aromatic rings. The Morgan fingerprint density at radius 1 is 1.42 bits per heavy atom. The summed E-state index contributed by atoms with van der Waals surface area (Å²) in [6.45, 7) is 11.5. The maximum atomic E-state index is 5.42. The normalized spacial score (nSPS) is 19.6. The number of nitrogens with zero attached hydrogens (tertiary/aromatic N) is 3. The summed E-state index contributed by atoms with van der Waals surface area (Å²) in [6, 6.07) is 0.328. The first-order valence-corrected chi connectivity index (χ1v) is 7.04. The van der Waals surface area contributed by atoms with Crippen LogP contribution < -0.4 is 5.32 Å². The van der Waals surface area contributed by atoms with Crippen LogP contribution in [0.15, 0.2) is 12.4 Å². The summed E-state index contributed by atoms with van der Waals surface area (Å²) in [6.07, 6.45) is 4.00. The lowest BCUT2D eigenvalue weighted by atomic mass is 10.0. The van der Waals surface area contributed by atoms with Crippen molar-refractivity contribution in [3.05, 3.63) is 18.0 Å². The molecule has 5 heteroatoms. The molecular formula is C14H26N4O. The van der Waals surface area contributed by atoms with Crippen LogP contribution in [0.4, 0.5) is 0 Å². The number of hydrogen-bond donors (Lipinski definition) is 1. The third-order valence-corrected chi connectivity index (χ3v) is 3.93. The molecule has 2 heterocycles. The van der Waals surface area contributed by atoms with E-state index in [0.29, 0.717) is 6.04 Å². The molecule has 1 atom stereocenters. The maximum absolute atomic E-state index is 5.42. The molecule has 108 valence electrons. The summed E-state index contributed by atoms with van der Waals surface area (Å²) in [4.78, 5) is 2.50. The van der Waals surface area contributed by atoms with Gasteiger partial charge in [0.25, 0.3) is 0 Å². The van der Waals surface area contributed by atoms with E-state index in [1.54, 1.807) is 0 Å². The highest BCUT2D eigenvalue weighted by molar-refractivity contribution is 5.09. The van der Waals surface area contributed by atoms with Gasteiger partial charge in [-0.15, -0.1) is 0 Å². The second-order valence-corrected chi connectivity index (χ2v) is 5.96. The molecule has 2 rings (SSSR count). The van der Waals surface area contributed by atoms with Crippen LogP contribution in [0.1, 0.15) is 32.4 Å². The van der Waals surface area contributed by atoms with Crippen molar-refractivity contribution in [2.75, 3.05) is 32.8 Å². The van der Waals surface area contributed by atoms with Crippen molar-refractivity contribution >= 4 is 0 Å². The monoisotopic (exact) mass is 266 g/mol. The van der Waals surface area contributed by atoms with Gasteiger partial charge in [-0.05, 0) is 20.8 Å². The molecule has 0 aliphatic carbocycles. The average Bonchev–Trinajstić information content (AvgIpc) is 2.84. The number of morpholine rings is 1. The molecule has 0 aromatic carbocycles. The highest BCUT2D eigenvalue weighted by atomic mass is 16.5. The molecule has 1 N–H and O–H groups in total. The Hall–Kier alpha value is -0.910. The molecule has 1 fully saturated rings.